The molecule has 1 saturated heterocycles. The van der Waals surface area contributed by atoms with Gasteiger partial charge in [0.25, 0.3) is 0 Å². The molecule has 1 aliphatic rings. The predicted molar refractivity (Wildman–Crippen MR) is 95.8 cm³/mol. The van der Waals surface area contributed by atoms with Crippen LogP contribution in [0.25, 0.3) is 0 Å². The SMILES string of the molecule is C#Cc1ccc(NC(=O)C(=O)N2CCC(F)(c3ccccc3)CC2)cn1. The Morgan fingerprint density at radius 3 is 2.42 bits per heavy atom. The second-order valence-corrected chi connectivity index (χ2v) is 6.15. The number of nitrogens with zero attached hydrogens (tertiary/aromatic N) is 2. The number of aromatic nitrogens is 1. The molecule has 1 aromatic heterocycles. The summed E-state index contributed by atoms with van der Waals surface area (Å²) in [6.45, 7) is 0.373. The van der Waals surface area contributed by atoms with Crippen molar-refractivity contribution in [3.05, 3.63) is 59.9 Å². The molecule has 0 radical (unpaired) electrons. The van der Waals surface area contributed by atoms with Gasteiger partial charge in [-0.1, -0.05) is 36.3 Å². The number of terminal acetylenes is 1. The van der Waals surface area contributed by atoms with E-state index in [0.29, 0.717) is 16.9 Å². The van der Waals surface area contributed by atoms with Crippen molar-refractivity contribution >= 4 is 17.5 Å². The molecular weight excluding hydrogens is 333 g/mol. The summed E-state index contributed by atoms with van der Waals surface area (Å²) >= 11 is 0. The molecule has 0 atom stereocenters. The molecule has 1 N–H and O–H groups in total. The number of rotatable bonds is 2. The lowest BCUT2D eigenvalue weighted by Gasteiger charge is -2.36. The van der Waals surface area contributed by atoms with Gasteiger partial charge in [-0.3, -0.25) is 9.59 Å². The van der Waals surface area contributed by atoms with E-state index < -0.39 is 17.5 Å². The normalized spacial score (nSPS) is 15.8. The van der Waals surface area contributed by atoms with Crippen LogP contribution in [-0.4, -0.2) is 34.8 Å². The maximum Gasteiger partial charge on any atom is 0.313 e. The van der Waals surface area contributed by atoms with Gasteiger partial charge in [0.05, 0.1) is 11.9 Å². The smallest absolute Gasteiger partial charge is 0.313 e. The minimum atomic E-state index is -1.47. The highest BCUT2D eigenvalue weighted by Gasteiger charge is 2.38. The monoisotopic (exact) mass is 351 g/mol. The Labute approximate surface area is 151 Å². The number of anilines is 1. The van der Waals surface area contributed by atoms with Gasteiger partial charge in [-0.05, 0) is 17.7 Å². The lowest BCUT2D eigenvalue weighted by molar-refractivity contribution is -0.145. The third-order valence-corrected chi connectivity index (χ3v) is 4.50. The first-order valence-corrected chi connectivity index (χ1v) is 8.29. The molecule has 2 heterocycles. The van der Waals surface area contributed by atoms with E-state index in [4.69, 9.17) is 6.42 Å². The molecule has 26 heavy (non-hydrogen) atoms. The molecule has 0 unspecified atom stereocenters. The zero-order valence-corrected chi connectivity index (χ0v) is 14.1. The van der Waals surface area contributed by atoms with E-state index in [2.05, 4.69) is 16.2 Å². The summed E-state index contributed by atoms with van der Waals surface area (Å²) in [6, 6.07) is 12.1. The molecule has 1 fully saturated rings. The standard InChI is InChI=1S/C20H18FN3O2/c1-2-16-8-9-17(14-22-16)23-18(25)19(26)24-12-10-20(21,11-13-24)15-6-4-3-5-7-15/h1,3-9,14H,10-13H2,(H,23,25). The van der Waals surface area contributed by atoms with Crippen LogP contribution in [0.15, 0.2) is 48.7 Å². The number of carbonyl (C=O) groups is 2. The third kappa shape index (κ3) is 3.72. The minimum absolute atomic E-state index is 0.161. The third-order valence-electron chi connectivity index (χ3n) is 4.50. The van der Waals surface area contributed by atoms with Crippen molar-refractivity contribution in [2.75, 3.05) is 18.4 Å². The number of benzene rings is 1. The Hall–Kier alpha value is -3.20. The van der Waals surface area contributed by atoms with E-state index in [1.807, 2.05) is 6.07 Å². The topological polar surface area (TPSA) is 62.3 Å². The van der Waals surface area contributed by atoms with Crippen molar-refractivity contribution in [3.8, 4) is 12.3 Å². The molecule has 3 rings (SSSR count). The zero-order valence-electron chi connectivity index (χ0n) is 14.1. The van der Waals surface area contributed by atoms with Crippen LogP contribution < -0.4 is 5.32 Å². The van der Waals surface area contributed by atoms with Crippen molar-refractivity contribution in [1.29, 1.82) is 0 Å². The Morgan fingerprint density at radius 2 is 1.85 bits per heavy atom. The lowest BCUT2D eigenvalue weighted by atomic mass is 9.86. The molecule has 5 nitrogen and oxygen atoms in total. The molecular formula is C20H18FN3O2. The molecule has 0 saturated carbocycles. The fraction of sp³-hybridized carbons (Fsp3) is 0.250. The molecule has 1 aliphatic heterocycles. The lowest BCUT2D eigenvalue weighted by Crippen LogP contribution is -2.47. The van der Waals surface area contributed by atoms with Crippen LogP contribution in [0.1, 0.15) is 24.1 Å². The van der Waals surface area contributed by atoms with Crippen molar-refractivity contribution in [2.45, 2.75) is 18.5 Å². The fourth-order valence-electron chi connectivity index (χ4n) is 2.97. The van der Waals surface area contributed by atoms with Crippen molar-refractivity contribution in [3.63, 3.8) is 0 Å². The second-order valence-electron chi connectivity index (χ2n) is 6.15. The summed E-state index contributed by atoms with van der Waals surface area (Å²) in [6.07, 6.45) is 6.93. The Bertz CT molecular complexity index is 836. The molecule has 0 spiro atoms. The van der Waals surface area contributed by atoms with Crippen LogP contribution >= 0.6 is 0 Å². The minimum Gasteiger partial charge on any atom is -0.334 e. The molecule has 0 aliphatic carbocycles. The van der Waals surface area contributed by atoms with Gasteiger partial charge in [0, 0.05) is 25.9 Å². The maximum atomic E-state index is 15.1. The number of alkyl halides is 1. The second kappa shape index (κ2) is 7.36. The predicted octanol–water partition coefficient (Wildman–Crippen LogP) is 2.49. The molecule has 2 aromatic rings. The van der Waals surface area contributed by atoms with Gasteiger partial charge < -0.3 is 10.2 Å². The van der Waals surface area contributed by atoms with E-state index in [1.54, 1.807) is 36.4 Å². The number of hydrogen-bond donors (Lipinski definition) is 1. The van der Waals surface area contributed by atoms with Crippen LogP contribution in [0.2, 0.25) is 0 Å². The van der Waals surface area contributed by atoms with Crippen LogP contribution in [0, 0.1) is 12.3 Å². The molecule has 132 valence electrons. The Morgan fingerprint density at radius 1 is 1.15 bits per heavy atom. The summed E-state index contributed by atoms with van der Waals surface area (Å²) in [5.74, 6) is 0.917. The fourth-order valence-corrected chi connectivity index (χ4v) is 2.97. The van der Waals surface area contributed by atoms with Gasteiger partial charge in [0.2, 0.25) is 0 Å². The van der Waals surface area contributed by atoms with Crippen LogP contribution in [0.5, 0.6) is 0 Å². The largest absolute Gasteiger partial charge is 0.334 e. The number of nitrogens with one attached hydrogen (secondary N) is 1. The summed E-state index contributed by atoms with van der Waals surface area (Å²) in [5.41, 5.74) is -0.0472. The average molecular weight is 351 g/mol. The van der Waals surface area contributed by atoms with Gasteiger partial charge in [0.15, 0.2) is 0 Å². The summed E-state index contributed by atoms with van der Waals surface area (Å²) in [7, 11) is 0. The van der Waals surface area contributed by atoms with E-state index >= 15 is 4.39 Å². The van der Waals surface area contributed by atoms with Gasteiger partial charge in [-0.25, -0.2) is 9.37 Å². The highest BCUT2D eigenvalue weighted by molar-refractivity contribution is 6.39. The summed E-state index contributed by atoms with van der Waals surface area (Å²) < 4.78 is 15.1. The van der Waals surface area contributed by atoms with Gasteiger partial charge in [-0.15, -0.1) is 6.42 Å². The molecule has 6 heteroatoms. The number of piperidine rings is 1. The van der Waals surface area contributed by atoms with Crippen molar-refractivity contribution < 1.29 is 14.0 Å². The first-order valence-electron chi connectivity index (χ1n) is 8.29. The van der Waals surface area contributed by atoms with Gasteiger partial charge >= 0.3 is 11.8 Å². The number of likely N-dealkylation sites (tertiary alicyclic amines) is 1. The van der Waals surface area contributed by atoms with Gasteiger partial charge in [0.1, 0.15) is 11.4 Å². The first-order chi connectivity index (χ1) is 12.5. The Kier molecular flexibility index (Phi) is 4.99. The molecule has 1 aromatic carbocycles. The van der Waals surface area contributed by atoms with E-state index in [1.165, 1.54) is 11.1 Å². The quantitative estimate of drug-likeness (QED) is 0.668. The number of hydrogen-bond acceptors (Lipinski definition) is 3. The summed E-state index contributed by atoms with van der Waals surface area (Å²) in [4.78, 5) is 29.8. The van der Waals surface area contributed by atoms with E-state index in [9.17, 15) is 9.59 Å². The van der Waals surface area contributed by atoms with Crippen molar-refractivity contribution in [2.24, 2.45) is 0 Å². The average Bonchev–Trinajstić information content (AvgIpc) is 2.69. The van der Waals surface area contributed by atoms with Gasteiger partial charge in [-0.2, -0.15) is 0 Å². The Balaban J connectivity index is 1.59. The first kappa shape index (κ1) is 17.6. The van der Waals surface area contributed by atoms with E-state index in [0.717, 1.165) is 0 Å². The number of halogens is 1. The maximum absolute atomic E-state index is 15.1. The molecule has 2 amide bonds. The number of carbonyl (C=O) groups excluding carboxylic acids is 2. The number of pyridine rings is 1. The summed E-state index contributed by atoms with van der Waals surface area (Å²) in [5, 5.41) is 2.49. The number of amides is 2. The van der Waals surface area contributed by atoms with E-state index in [-0.39, 0.29) is 25.9 Å². The van der Waals surface area contributed by atoms with Crippen LogP contribution in [0.3, 0.4) is 0 Å². The van der Waals surface area contributed by atoms with Crippen LogP contribution in [-0.2, 0) is 15.3 Å². The highest BCUT2D eigenvalue weighted by atomic mass is 19.1. The molecule has 0 bridgehead atoms. The van der Waals surface area contributed by atoms with Crippen LogP contribution in [0.4, 0.5) is 10.1 Å². The van der Waals surface area contributed by atoms with Crippen molar-refractivity contribution in [1.82, 2.24) is 9.88 Å². The highest BCUT2D eigenvalue weighted by Crippen LogP contribution is 2.36. The zero-order chi connectivity index (χ0) is 18.6.